The van der Waals surface area contributed by atoms with Crippen molar-refractivity contribution in [2.75, 3.05) is 5.32 Å². The summed E-state index contributed by atoms with van der Waals surface area (Å²) in [4.78, 5) is 16.3. The molecule has 0 spiro atoms. The maximum atomic E-state index is 12.1. The van der Waals surface area contributed by atoms with Gasteiger partial charge in [0.05, 0.1) is 5.56 Å². The number of nitrogens with zero attached hydrogens (tertiary/aromatic N) is 2. The largest absolute Gasteiger partial charge is 0.411 e. The number of carbonyl (C=O) groups is 1. The first-order valence-corrected chi connectivity index (χ1v) is 7.76. The second-order valence-corrected chi connectivity index (χ2v) is 6.26. The molecular weight excluding hydrogens is 413 g/mol. The van der Waals surface area contributed by atoms with Gasteiger partial charge < -0.3 is 5.21 Å². The molecule has 0 saturated heterocycles. The van der Waals surface area contributed by atoms with Gasteiger partial charge in [0.15, 0.2) is 5.13 Å². The van der Waals surface area contributed by atoms with Crippen molar-refractivity contribution in [2.45, 2.75) is 6.92 Å². The molecule has 0 radical (unpaired) electrons. The second-order valence-electron chi connectivity index (χ2n) is 3.80. The summed E-state index contributed by atoms with van der Waals surface area (Å²) in [5, 5.41) is 17.1. The summed E-state index contributed by atoms with van der Waals surface area (Å²) in [5.74, 6) is -0.281. The van der Waals surface area contributed by atoms with Crippen molar-refractivity contribution in [1.29, 1.82) is 0 Å². The van der Waals surface area contributed by atoms with E-state index in [-0.39, 0.29) is 5.91 Å². The Morgan fingerprint density at radius 2 is 2.30 bits per heavy atom. The first-order valence-electron chi connectivity index (χ1n) is 5.42. The highest BCUT2D eigenvalue weighted by Gasteiger charge is 2.13. The third-order valence-corrected chi connectivity index (χ3v) is 4.35. The van der Waals surface area contributed by atoms with E-state index in [0.717, 1.165) is 3.57 Å². The summed E-state index contributed by atoms with van der Waals surface area (Å²) in [6.45, 7) is 1.63. The van der Waals surface area contributed by atoms with E-state index in [1.807, 2.05) is 0 Å². The summed E-state index contributed by atoms with van der Waals surface area (Å²) < 4.78 is 0.800. The van der Waals surface area contributed by atoms with Gasteiger partial charge in [-0.25, -0.2) is 4.98 Å². The molecule has 0 saturated carbocycles. The first kappa shape index (κ1) is 15.2. The molecule has 5 nitrogen and oxygen atoms in total. The van der Waals surface area contributed by atoms with Gasteiger partial charge in [0.1, 0.15) is 11.4 Å². The molecule has 2 N–H and O–H groups in total. The summed E-state index contributed by atoms with van der Waals surface area (Å²) in [7, 11) is 0. The number of aromatic nitrogens is 1. The smallest absolute Gasteiger partial charge is 0.258 e. The number of benzene rings is 1. The van der Waals surface area contributed by atoms with Crippen molar-refractivity contribution >= 4 is 62.3 Å². The monoisotopic (exact) mass is 421 g/mol. The molecule has 0 fully saturated rings. The Balaban J connectivity index is 2.19. The molecule has 20 heavy (non-hydrogen) atoms. The van der Waals surface area contributed by atoms with Gasteiger partial charge in [0.25, 0.3) is 5.91 Å². The van der Waals surface area contributed by atoms with Gasteiger partial charge in [-0.3, -0.25) is 10.1 Å². The number of hydrogen-bond acceptors (Lipinski definition) is 5. The zero-order chi connectivity index (χ0) is 14.7. The molecule has 1 amide bonds. The van der Waals surface area contributed by atoms with E-state index in [9.17, 15) is 4.79 Å². The highest BCUT2D eigenvalue weighted by atomic mass is 127. The zero-order valence-electron chi connectivity index (χ0n) is 10.2. The van der Waals surface area contributed by atoms with E-state index >= 15 is 0 Å². The molecule has 0 unspecified atom stereocenters. The Labute approximate surface area is 137 Å². The number of hydrogen-bond donors (Lipinski definition) is 2. The van der Waals surface area contributed by atoms with Gasteiger partial charge in [-0.15, -0.1) is 11.3 Å². The first-order chi connectivity index (χ1) is 9.51. The summed E-state index contributed by atoms with van der Waals surface area (Å²) in [5.41, 5.74) is 1.40. The van der Waals surface area contributed by atoms with Crippen molar-refractivity contribution < 1.29 is 10.0 Å². The molecule has 0 bridgehead atoms. The van der Waals surface area contributed by atoms with Crippen molar-refractivity contribution in [2.24, 2.45) is 5.16 Å². The standard InChI is InChI=1S/C12H9ClIN3O2S/c1-6(17-19)10-5-20-12(15-10)16-11(18)8-4-7(13)2-3-9(8)14/h2-5,19H,1H3,(H,15,16,18)/b17-6-. The quantitative estimate of drug-likeness (QED) is 0.342. The summed E-state index contributed by atoms with van der Waals surface area (Å²) in [6.07, 6.45) is 0. The number of nitrogens with one attached hydrogen (secondary N) is 1. The number of carbonyl (C=O) groups excluding carboxylic acids is 1. The predicted molar refractivity (Wildman–Crippen MR) is 88.2 cm³/mol. The highest BCUT2D eigenvalue weighted by Crippen LogP contribution is 2.21. The fourth-order valence-corrected chi connectivity index (χ4v) is 2.89. The summed E-state index contributed by atoms with van der Waals surface area (Å²) in [6, 6.07) is 5.10. The third kappa shape index (κ3) is 3.47. The van der Waals surface area contributed by atoms with Gasteiger partial charge in [-0.2, -0.15) is 0 Å². The van der Waals surface area contributed by atoms with Gasteiger partial charge in [0, 0.05) is 14.0 Å². The molecule has 1 aromatic heterocycles. The Morgan fingerprint density at radius 3 is 3.00 bits per heavy atom. The van der Waals surface area contributed by atoms with Gasteiger partial charge in [-0.05, 0) is 47.7 Å². The topological polar surface area (TPSA) is 74.6 Å². The van der Waals surface area contributed by atoms with Crippen LogP contribution in [0.3, 0.4) is 0 Å². The molecule has 104 valence electrons. The normalized spacial score (nSPS) is 11.4. The van der Waals surface area contributed by atoms with Gasteiger partial charge in [0.2, 0.25) is 0 Å². The summed E-state index contributed by atoms with van der Waals surface area (Å²) >= 11 is 9.21. The minimum Gasteiger partial charge on any atom is -0.411 e. The Bertz CT molecular complexity index is 687. The van der Waals surface area contributed by atoms with E-state index in [2.05, 4.69) is 38.0 Å². The van der Waals surface area contributed by atoms with Crippen molar-refractivity contribution in [3.8, 4) is 0 Å². The lowest BCUT2D eigenvalue weighted by Crippen LogP contribution is -2.13. The molecule has 1 heterocycles. The third-order valence-electron chi connectivity index (χ3n) is 2.42. The number of halogens is 2. The molecule has 0 atom stereocenters. The molecule has 2 rings (SSSR count). The van der Waals surface area contributed by atoms with Crippen LogP contribution >= 0.6 is 45.5 Å². The van der Waals surface area contributed by atoms with Gasteiger partial charge in [-0.1, -0.05) is 16.8 Å². The minimum absolute atomic E-state index is 0.281. The van der Waals surface area contributed by atoms with E-state index in [4.69, 9.17) is 16.8 Å². The maximum absolute atomic E-state index is 12.1. The molecule has 0 aliphatic rings. The maximum Gasteiger partial charge on any atom is 0.258 e. The Morgan fingerprint density at radius 1 is 1.55 bits per heavy atom. The van der Waals surface area contributed by atoms with Crippen LogP contribution in [0.1, 0.15) is 23.0 Å². The lowest BCUT2D eigenvalue weighted by atomic mass is 10.2. The lowest BCUT2D eigenvalue weighted by molar-refractivity contribution is 0.102. The second kappa shape index (κ2) is 6.51. The van der Waals surface area contributed by atoms with Crippen molar-refractivity contribution in [3.63, 3.8) is 0 Å². The van der Waals surface area contributed by atoms with Crippen LogP contribution in [0.2, 0.25) is 5.02 Å². The minimum atomic E-state index is -0.281. The van der Waals surface area contributed by atoms with Crippen LogP contribution < -0.4 is 5.32 Å². The van der Waals surface area contributed by atoms with Crippen LogP contribution in [0.4, 0.5) is 5.13 Å². The molecule has 0 aliphatic carbocycles. The van der Waals surface area contributed by atoms with Crippen LogP contribution in [0.25, 0.3) is 0 Å². The fourth-order valence-electron chi connectivity index (χ4n) is 1.38. The zero-order valence-corrected chi connectivity index (χ0v) is 14.0. The number of amides is 1. The lowest BCUT2D eigenvalue weighted by Gasteiger charge is -2.04. The van der Waals surface area contributed by atoms with E-state index < -0.39 is 0 Å². The molecule has 8 heteroatoms. The number of oxime groups is 1. The predicted octanol–water partition coefficient (Wildman–Crippen LogP) is 3.85. The van der Waals surface area contributed by atoms with Crippen LogP contribution in [0.15, 0.2) is 28.7 Å². The molecular formula is C12H9ClIN3O2S. The van der Waals surface area contributed by atoms with Crippen LogP contribution in [-0.4, -0.2) is 21.8 Å². The van der Waals surface area contributed by atoms with Crippen molar-refractivity contribution in [3.05, 3.63) is 43.4 Å². The number of anilines is 1. The molecule has 0 aliphatic heterocycles. The Kier molecular flexibility index (Phi) is 4.95. The van der Waals surface area contributed by atoms with E-state index in [1.165, 1.54) is 11.3 Å². The average molecular weight is 422 g/mol. The van der Waals surface area contributed by atoms with Crippen LogP contribution in [-0.2, 0) is 0 Å². The number of rotatable bonds is 3. The van der Waals surface area contributed by atoms with Crippen LogP contribution in [0, 0.1) is 3.57 Å². The highest BCUT2D eigenvalue weighted by molar-refractivity contribution is 14.1. The average Bonchev–Trinajstić information content (AvgIpc) is 2.89. The van der Waals surface area contributed by atoms with Crippen molar-refractivity contribution in [1.82, 2.24) is 4.98 Å². The Hall–Kier alpha value is -1.19. The van der Waals surface area contributed by atoms with E-state index in [1.54, 1.807) is 30.5 Å². The SMILES string of the molecule is C/C(=N/O)c1csc(NC(=O)c2cc(Cl)ccc2I)n1. The van der Waals surface area contributed by atoms with Gasteiger partial charge >= 0.3 is 0 Å². The van der Waals surface area contributed by atoms with Crippen LogP contribution in [0.5, 0.6) is 0 Å². The van der Waals surface area contributed by atoms with E-state index in [0.29, 0.717) is 27.1 Å². The molecule has 1 aromatic carbocycles. The fraction of sp³-hybridized carbons (Fsp3) is 0.0833. The number of thiazole rings is 1. The molecule has 2 aromatic rings.